The third kappa shape index (κ3) is 6.42. The molecule has 2 aliphatic rings. The normalized spacial score (nSPS) is 16.4. The molecule has 0 aromatic heterocycles. The zero-order valence-corrected chi connectivity index (χ0v) is 21.8. The minimum atomic E-state index is -0.221. The standard InChI is InChI=1S/C28H29ClN2O7/c1-33-25-14-19(15-26-28(25)37-13-12-36-26)17-31-8-9-34-10-11-35-23-4-2-3-5-24(23)38-22-7-6-20(29)16-21(22)30-27(32)18-31/h2-7,14-16H,8-13,17-18H2,1H3,(H,30,32). The summed E-state index contributed by atoms with van der Waals surface area (Å²) in [5.41, 5.74) is 1.38. The number of anilines is 1. The van der Waals surface area contributed by atoms with E-state index < -0.39 is 0 Å². The zero-order chi connectivity index (χ0) is 26.3. The van der Waals surface area contributed by atoms with Crippen LogP contribution in [0, 0.1) is 0 Å². The zero-order valence-electron chi connectivity index (χ0n) is 21.0. The minimum Gasteiger partial charge on any atom is -0.493 e. The fourth-order valence-corrected chi connectivity index (χ4v) is 4.42. The number of methoxy groups -OCH3 is 1. The fourth-order valence-electron chi connectivity index (χ4n) is 4.25. The molecule has 0 spiro atoms. The number of amides is 1. The third-order valence-corrected chi connectivity index (χ3v) is 6.22. The molecule has 2 heterocycles. The van der Waals surface area contributed by atoms with Gasteiger partial charge in [0.2, 0.25) is 11.7 Å². The molecular formula is C28H29ClN2O7. The molecule has 200 valence electrons. The number of nitrogens with one attached hydrogen (secondary N) is 1. The number of fused-ring (bicyclic) bond motifs is 3. The lowest BCUT2D eigenvalue weighted by Crippen LogP contribution is -2.35. The van der Waals surface area contributed by atoms with Gasteiger partial charge in [0.15, 0.2) is 28.7 Å². The molecule has 5 rings (SSSR count). The highest BCUT2D eigenvalue weighted by Crippen LogP contribution is 2.41. The predicted molar refractivity (Wildman–Crippen MR) is 142 cm³/mol. The summed E-state index contributed by atoms with van der Waals surface area (Å²) in [5, 5.41) is 3.42. The fraction of sp³-hybridized carbons (Fsp3) is 0.321. The summed E-state index contributed by atoms with van der Waals surface area (Å²) in [6, 6.07) is 16.3. The number of carbonyl (C=O) groups excluding carboxylic acids is 1. The van der Waals surface area contributed by atoms with Crippen LogP contribution in [0.5, 0.6) is 34.5 Å². The quantitative estimate of drug-likeness (QED) is 0.509. The van der Waals surface area contributed by atoms with Crippen molar-refractivity contribution in [1.82, 2.24) is 4.90 Å². The van der Waals surface area contributed by atoms with Gasteiger partial charge in [-0.1, -0.05) is 23.7 Å². The molecule has 10 heteroatoms. The molecule has 0 unspecified atom stereocenters. The van der Waals surface area contributed by atoms with Gasteiger partial charge in [0.05, 0.1) is 32.6 Å². The predicted octanol–water partition coefficient (Wildman–Crippen LogP) is 4.76. The van der Waals surface area contributed by atoms with Gasteiger partial charge in [0.1, 0.15) is 19.8 Å². The average molecular weight is 541 g/mol. The van der Waals surface area contributed by atoms with E-state index in [0.29, 0.717) is 91.3 Å². The van der Waals surface area contributed by atoms with Crippen LogP contribution in [0.1, 0.15) is 5.56 Å². The number of hydrogen-bond acceptors (Lipinski definition) is 8. The van der Waals surface area contributed by atoms with Crippen molar-refractivity contribution in [1.29, 1.82) is 0 Å². The Labute approximate surface area is 226 Å². The second-order valence-corrected chi connectivity index (χ2v) is 9.17. The van der Waals surface area contributed by atoms with Crippen molar-refractivity contribution in [2.75, 3.05) is 58.6 Å². The Kier molecular flexibility index (Phi) is 8.37. The number of hydrogen-bond donors (Lipinski definition) is 1. The Morgan fingerprint density at radius 2 is 1.68 bits per heavy atom. The van der Waals surface area contributed by atoms with Gasteiger partial charge in [0, 0.05) is 18.1 Å². The van der Waals surface area contributed by atoms with Gasteiger partial charge in [0.25, 0.3) is 0 Å². The molecule has 3 aromatic carbocycles. The van der Waals surface area contributed by atoms with E-state index in [1.165, 1.54) is 0 Å². The van der Waals surface area contributed by atoms with E-state index in [1.807, 2.05) is 35.2 Å². The van der Waals surface area contributed by atoms with E-state index >= 15 is 0 Å². The van der Waals surface area contributed by atoms with Crippen molar-refractivity contribution in [3.63, 3.8) is 0 Å². The molecular weight excluding hydrogens is 512 g/mol. The topological polar surface area (TPSA) is 87.7 Å². The van der Waals surface area contributed by atoms with Gasteiger partial charge < -0.3 is 33.7 Å². The number of nitrogens with zero attached hydrogens (tertiary/aromatic N) is 1. The summed E-state index contributed by atoms with van der Waals surface area (Å²) in [6.45, 7) is 3.18. The van der Waals surface area contributed by atoms with Gasteiger partial charge >= 0.3 is 0 Å². The van der Waals surface area contributed by atoms with E-state index in [-0.39, 0.29) is 12.5 Å². The summed E-state index contributed by atoms with van der Waals surface area (Å²) < 4.78 is 34.9. The number of halogens is 1. The number of para-hydroxylation sites is 2. The lowest BCUT2D eigenvalue weighted by atomic mass is 10.1. The highest BCUT2D eigenvalue weighted by molar-refractivity contribution is 6.31. The molecule has 0 fully saturated rings. The molecule has 0 atom stereocenters. The Bertz CT molecular complexity index is 1270. The van der Waals surface area contributed by atoms with Crippen molar-refractivity contribution in [2.45, 2.75) is 6.54 Å². The Balaban J connectivity index is 1.38. The van der Waals surface area contributed by atoms with E-state index in [4.69, 9.17) is 40.0 Å². The molecule has 0 saturated carbocycles. The van der Waals surface area contributed by atoms with Crippen LogP contribution < -0.4 is 29.0 Å². The highest BCUT2D eigenvalue weighted by atomic mass is 35.5. The lowest BCUT2D eigenvalue weighted by Gasteiger charge is -2.25. The van der Waals surface area contributed by atoms with Crippen LogP contribution in [0.25, 0.3) is 0 Å². The van der Waals surface area contributed by atoms with Gasteiger partial charge in [-0.2, -0.15) is 0 Å². The summed E-state index contributed by atoms with van der Waals surface area (Å²) in [4.78, 5) is 15.2. The Hall–Kier alpha value is -3.66. The number of ether oxygens (including phenoxy) is 6. The average Bonchev–Trinajstić information content (AvgIpc) is 2.92. The third-order valence-electron chi connectivity index (χ3n) is 5.98. The molecule has 0 saturated heterocycles. The van der Waals surface area contributed by atoms with E-state index in [1.54, 1.807) is 31.4 Å². The monoisotopic (exact) mass is 540 g/mol. The maximum Gasteiger partial charge on any atom is 0.238 e. The van der Waals surface area contributed by atoms with Gasteiger partial charge in [-0.25, -0.2) is 0 Å². The van der Waals surface area contributed by atoms with E-state index in [0.717, 1.165) is 5.56 Å². The van der Waals surface area contributed by atoms with Gasteiger partial charge in [-0.3, -0.25) is 9.69 Å². The smallest absolute Gasteiger partial charge is 0.238 e. The van der Waals surface area contributed by atoms with Crippen LogP contribution in [0.15, 0.2) is 54.6 Å². The molecule has 2 aliphatic heterocycles. The van der Waals surface area contributed by atoms with Crippen molar-refractivity contribution in [3.8, 4) is 34.5 Å². The Morgan fingerprint density at radius 1 is 0.895 bits per heavy atom. The number of rotatable bonds is 3. The highest BCUT2D eigenvalue weighted by Gasteiger charge is 2.21. The summed E-state index contributed by atoms with van der Waals surface area (Å²) >= 11 is 6.25. The van der Waals surface area contributed by atoms with Gasteiger partial charge in [-0.05, 0) is 48.0 Å². The molecule has 3 aromatic rings. The van der Waals surface area contributed by atoms with Crippen molar-refractivity contribution >= 4 is 23.2 Å². The van der Waals surface area contributed by atoms with Crippen molar-refractivity contribution in [3.05, 3.63) is 65.2 Å². The van der Waals surface area contributed by atoms with Crippen LogP contribution in [0.3, 0.4) is 0 Å². The second-order valence-electron chi connectivity index (χ2n) is 8.73. The first kappa shape index (κ1) is 26.0. The first-order valence-electron chi connectivity index (χ1n) is 12.3. The molecule has 0 bridgehead atoms. The first-order chi connectivity index (χ1) is 18.6. The number of carbonyl (C=O) groups is 1. The molecule has 38 heavy (non-hydrogen) atoms. The van der Waals surface area contributed by atoms with Crippen molar-refractivity contribution in [2.24, 2.45) is 0 Å². The molecule has 0 radical (unpaired) electrons. The summed E-state index contributed by atoms with van der Waals surface area (Å²) in [6.07, 6.45) is 0. The van der Waals surface area contributed by atoms with Crippen LogP contribution in [-0.4, -0.2) is 64.0 Å². The van der Waals surface area contributed by atoms with Crippen LogP contribution in [0.2, 0.25) is 5.02 Å². The first-order valence-corrected chi connectivity index (χ1v) is 12.7. The molecule has 1 N–H and O–H groups in total. The lowest BCUT2D eigenvalue weighted by molar-refractivity contribution is -0.117. The summed E-state index contributed by atoms with van der Waals surface area (Å²) in [5.74, 6) is 3.14. The maximum absolute atomic E-state index is 13.2. The molecule has 1 amide bonds. The minimum absolute atomic E-state index is 0.110. The summed E-state index contributed by atoms with van der Waals surface area (Å²) in [7, 11) is 1.59. The van der Waals surface area contributed by atoms with E-state index in [2.05, 4.69) is 5.32 Å². The van der Waals surface area contributed by atoms with Crippen LogP contribution >= 0.6 is 11.6 Å². The molecule has 9 nitrogen and oxygen atoms in total. The van der Waals surface area contributed by atoms with Crippen molar-refractivity contribution < 1.29 is 33.2 Å². The van der Waals surface area contributed by atoms with E-state index in [9.17, 15) is 4.79 Å². The van der Waals surface area contributed by atoms with Crippen LogP contribution in [-0.2, 0) is 16.1 Å². The van der Waals surface area contributed by atoms with Gasteiger partial charge in [-0.15, -0.1) is 0 Å². The maximum atomic E-state index is 13.2. The Morgan fingerprint density at radius 3 is 2.55 bits per heavy atom. The molecule has 0 aliphatic carbocycles. The largest absolute Gasteiger partial charge is 0.493 e. The number of benzene rings is 3. The van der Waals surface area contributed by atoms with Crippen LogP contribution in [0.4, 0.5) is 5.69 Å². The second kappa shape index (κ2) is 12.3. The SMILES string of the molecule is COc1cc(CN2CCOCCOc3ccccc3Oc3ccc(Cl)cc3NC(=O)C2)cc2c1OCCO2.